The summed E-state index contributed by atoms with van der Waals surface area (Å²) < 4.78 is 0.759. The van der Waals surface area contributed by atoms with E-state index in [1.165, 1.54) is 11.3 Å². The Balaban J connectivity index is 1.93. The van der Waals surface area contributed by atoms with Crippen molar-refractivity contribution in [1.82, 2.24) is 31.9 Å². The van der Waals surface area contributed by atoms with Gasteiger partial charge in [0.05, 0.1) is 37.8 Å². The van der Waals surface area contributed by atoms with Crippen molar-refractivity contribution in [3.63, 3.8) is 0 Å². The van der Waals surface area contributed by atoms with Crippen LogP contribution in [-0.4, -0.2) is 135 Å². The standard InChI is InChI=1S/C39H46N8O15S/c40-16-23(41)34(57)43-26(13-31(51)52)37(60)46-28(15-33(55)56)39(62)47-27(14-32(53)54)38(61)44-24(11-20-18-63-29-9-5-4-8-22(20)29)36(59)45-25(12-30(49)50)35(58)42-21(17-48)10-19-6-2-1-3-7-19/h1-9,17-18,21,23-28H,10-16,40-41H2,(H,42,58)(H,43,57)(H,44,61)(H,45,59)(H,46,60)(H,47,62)(H,49,50)(H,51,52)(H,53,54)(H,55,56)/t21-,23-,24-,25-,26-,27-,28-/m0/s1. The highest BCUT2D eigenvalue weighted by Gasteiger charge is 2.36. The van der Waals surface area contributed by atoms with Gasteiger partial charge in [0.1, 0.15) is 36.5 Å². The molecule has 23 nitrogen and oxygen atoms in total. The van der Waals surface area contributed by atoms with Crippen molar-refractivity contribution in [1.29, 1.82) is 0 Å². The largest absolute Gasteiger partial charge is 0.481 e. The summed E-state index contributed by atoms with van der Waals surface area (Å²) in [6, 6.07) is 3.21. The highest BCUT2D eigenvalue weighted by atomic mass is 32.1. The predicted octanol–water partition coefficient (Wildman–Crippen LogP) is -3.02. The number of carbonyl (C=O) groups excluding carboxylic acids is 7. The summed E-state index contributed by atoms with van der Waals surface area (Å²) in [5, 5.41) is 53.4. The Morgan fingerprint density at radius 3 is 1.38 bits per heavy atom. The monoisotopic (exact) mass is 898 g/mol. The number of hydrogen-bond acceptors (Lipinski definition) is 14. The molecule has 0 bridgehead atoms. The van der Waals surface area contributed by atoms with Crippen molar-refractivity contribution >= 4 is 87.0 Å². The molecular formula is C39H46N8O15S. The summed E-state index contributed by atoms with van der Waals surface area (Å²) in [5.41, 5.74) is 12.0. The van der Waals surface area contributed by atoms with Crippen LogP contribution in [0.15, 0.2) is 60.0 Å². The van der Waals surface area contributed by atoms with Crippen LogP contribution < -0.4 is 43.4 Å². The van der Waals surface area contributed by atoms with Crippen LogP contribution in [0.3, 0.4) is 0 Å². The topological polar surface area (TPSA) is 393 Å². The van der Waals surface area contributed by atoms with Crippen LogP contribution in [0, 0.1) is 0 Å². The zero-order chi connectivity index (χ0) is 46.8. The SMILES string of the molecule is NC[C@H](N)C(=O)N[C@@H](CC(=O)O)C(=O)N[C@@H](CC(=O)O)C(=O)N[C@@H](CC(=O)O)C(=O)N[C@@H](Cc1csc2ccccc12)C(=O)N[C@@H](CC(=O)O)C(=O)N[C@H](C=O)Cc1ccccc1. The summed E-state index contributed by atoms with van der Waals surface area (Å²) >= 11 is 1.27. The summed E-state index contributed by atoms with van der Waals surface area (Å²) in [4.78, 5) is 139. The highest BCUT2D eigenvalue weighted by molar-refractivity contribution is 7.17. The second kappa shape index (κ2) is 24.2. The molecule has 0 fully saturated rings. The second-order valence-electron chi connectivity index (χ2n) is 13.9. The third-order valence-electron chi connectivity index (χ3n) is 9.05. The number of nitrogens with one attached hydrogen (secondary N) is 6. The molecule has 0 aliphatic heterocycles. The maximum absolute atomic E-state index is 14.0. The molecule has 1 heterocycles. The van der Waals surface area contributed by atoms with Crippen molar-refractivity contribution < 1.29 is 73.2 Å². The molecule has 14 N–H and O–H groups in total. The van der Waals surface area contributed by atoms with E-state index in [1.54, 1.807) is 60.0 Å². The Morgan fingerprint density at radius 2 is 0.937 bits per heavy atom. The zero-order valence-electron chi connectivity index (χ0n) is 33.2. The van der Waals surface area contributed by atoms with E-state index in [4.69, 9.17) is 11.5 Å². The number of carboxylic acid groups (broad SMARTS) is 4. The van der Waals surface area contributed by atoms with Gasteiger partial charge < -0.3 is 68.6 Å². The molecule has 6 amide bonds. The Hall–Kier alpha value is -7.31. The minimum absolute atomic E-state index is 0.0183. The van der Waals surface area contributed by atoms with Gasteiger partial charge in [0.2, 0.25) is 35.4 Å². The molecule has 0 aliphatic rings. The number of nitrogens with two attached hydrogens (primary N) is 2. The molecule has 3 aromatic rings. The van der Waals surface area contributed by atoms with Crippen molar-refractivity contribution in [2.75, 3.05) is 6.54 Å². The highest BCUT2D eigenvalue weighted by Crippen LogP contribution is 2.26. The molecule has 0 saturated heterocycles. The molecule has 24 heteroatoms. The smallest absolute Gasteiger partial charge is 0.305 e. The van der Waals surface area contributed by atoms with Gasteiger partial charge in [-0.1, -0.05) is 48.5 Å². The van der Waals surface area contributed by atoms with E-state index in [0.717, 1.165) is 4.70 Å². The van der Waals surface area contributed by atoms with E-state index in [1.807, 2.05) is 16.0 Å². The normalized spacial score (nSPS) is 14.2. The average Bonchev–Trinajstić information content (AvgIpc) is 3.63. The van der Waals surface area contributed by atoms with Gasteiger partial charge in [-0.3, -0.25) is 47.9 Å². The number of fused-ring (bicyclic) bond motifs is 1. The fourth-order valence-electron chi connectivity index (χ4n) is 5.92. The summed E-state index contributed by atoms with van der Waals surface area (Å²) in [7, 11) is 0. The third kappa shape index (κ3) is 16.2. The van der Waals surface area contributed by atoms with Crippen LogP contribution in [0.4, 0.5) is 0 Å². The molecule has 2 aromatic carbocycles. The van der Waals surface area contributed by atoms with Crippen molar-refractivity contribution in [3.05, 3.63) is 71.1 Å². The van der Waals surface area contributed by atoms with Crippen molar-refractivity contribution in [2.24, 2.45) is 11.5 Å². The van der Waals surface area contributed by atoms with Crippen molar-refractivity contribution in [2.45, 2.75) is 80.8 Å². The number of rotatable bonds is 26. The molecule has 1 aromatic heterocycles. The second-order valence-corrected chi connectivity index (χ2v) is 14.9. The van der Waals surface area contributed by atoms with Crippen molar-refractivity contribution in [3.8, 4) is 0 Å². The molecule has 0 saturated carbocycles. The van der Waals surface area contributed by atoms with Gasteiger partial charge in [0, 0.05) is 17.7 Å². The summed E-state index contributed by atoms with van der Waals surface area (Å²) in [6.45, 7) is -0.411. The van der Waals surface area contributed by atoms with Crippen LogP contribution in [0.1, 0.15) is 36.8 Å². The molecule has 0 spiro atoms. The third-order valence-corrected chi connectivity index (χ3v) is 10.1. The number of thiophene rings is 1. The van der Waals surface area contributed by atoms with Crippen LogP contribution >= 0.6 is 11.3 Å². The van der Waals surface area contributed by atoms with E-state index in [9.17, 15) is 73.2 Å². The van der Waals surface area contributed by atoms with E-state index < -0.39 is 134 Å². The van der Waals surface area contributed by atoms with Gasteiger partial charge in [-0.25, -0.2) is 0 Å². The first kappa shape index (κ1) is 50.0. The molecule has 63 heavy (non-hydrogen) atoms. The number of hydrogen-bond donors (Lipinski definition) is 12. The number of aldehydes is 1. The Morgan fingerprint density at radius 1 is 0.540 bits per heavy atom. The van der Waals surface area contributed by atoms with Crippen LogP contribution in [-0.2, 0) is 65.6 Å². The number of benzene rings is 2. The van der Waals surface area contributed by atoms with Gasteiger partial charge in [-0.05, 0) is 34.4 Å². The predicted molar refractivity (Wildman–Crippen MR) is 219 cm³/mol. The molecule has 3 rings (SSSR count). The van der Waals surface area contributed by atoms with E-state index in [-0.39, 0.29) is 12.8 Å². The van der Waals surface area contributed by atoms with E-state index >= 15 is 0 Å². The molecule has 7 atom stereocenters. The molecule has 0 radical (unpaired) electrons. The fourth-order valence-corrected chi connectivity index (χ4v) is 6.89. The number of amides is 6. The maximum Gasteiger partial charge on any atom is 0.305 e. The number of carbonyl (C=O) groups is 11. The van der Waals surface area contributed by atoms with Gasteiger partial charge in [-0.15, -0.1) is 11.3 Å². The zero-order valence-corrected chi connectivity index (χ0v) is 34.0. The minimum atomic E-state index is -2.11. The Kier molecular flexibility index (Phi) is 19.2. The van der Waals surface area contributed by atoms with Gasteiger partial charge in [-0.2, -0.15) is 0 Å². The molecule has 0 unspecified atom stereocenters. The summed E-state index contributed by atoms with van der Waals surface area (Å²) in [6.07, 6.45) is -4.34. The fraction of sp³-hybridized carbons (Fsp3) is 0.359. The Bertz CT molecular complexity index is 2190. The first-order valence-electron chi connectivity index (χ1n) is 18.9. The maximum atomic E-state index is 14.0. The molecule has 338 valence electrons. The quantitative estimate of drug-likeness (QED) is 0.0357. The molecular weight excluding hydrogens is 853 g/mol. The van der Waals surface area contributed by atoms with Gasteiger partial charge in [0.25, 0.3) is 0 Å². The first-order chi connectivity index (χ1) is 29.8. The first-order valence-corrected chi connectivity index (χ1v) is 19.8. The van der Waals surface area contributed by atoms with Gasteiger partial charge >= 0.3 is 23.9 Å². The lowest BCUT2D eigenvalue weighted by atomic mass is 10.0. The van der Waals surface area contributed by atoms with Gasteiger partial charge in [0.15, 0.2) is 0 Å². The lowest BCUT2D eigenvalue weighted by Gasteiger charge is -2.26. The van der Waals surface area contributed by atoms with Crippen LogP contribution in [0.2, 0.25) is 0 Å². The van der Waals surface area contributed by atoms with E-state index in [2.05, 4.69) is 16.0 Å². The van der Waals surface area contributed by atoms with Crippen LogP contribution in [0.25, 0.3) is 10.1 Å². The number of carboxylic acids is 4. The lowest BCUT2D eigenvalue weighted by Crippen LogP contribution is -2.60. The number of aliphatic carboxylic acids is 4. The molecule has 0 aliphatic carbocycles. The summed E-state index contributed by atoms with van der Waals surface area (Å²) in [5.74, 6) is -14.0. The van der Waals surface area contributed by atoms with Crippen LogP contribution in [0.5, 0.6) is 0 Å². The van der Waals surface area contributed by atoms with E-state index in [0.29, 0.717) is 22.8 Å². The minimum Gasteiger partial charge on any atom is -0.481 e. The average molecular weight is 899 g/mol. The Labute approximate surface area is 361 Å². The lowest BCUT2D eigenvalue weighted by molar-refractivity contribution is -0.144.